The highest BCUT2D eigenvalue weighted by molar-refractivity contribution is 5.34. The molecular formula is C11H11F4NO. The number of benzene rings is 1. The van der Waals surface area contributed by atoms with Gasteiger partial charge >= 0.3 is 6.36 Å². The van der Waals surface area contributed by atoms with Crippen LogP contribution in [0.4, 0.5) is 17.6 Å². The van der Waals surface area contributed by atoms with E-state index in [9.17, 15) is 17.6 Å². The molecular weight excluding hydrogens is 238 g/mol. The first-order valence-corrected chi connectivity index (χ1v) is 5.09. The first-order chi connectivity index (χ1) is 7.78. The zero-order valence-electron chi connectivity index (χ0n) is 8.80. The molecule has 0 heterocycles. The van der Waals surface area contributed by atoms with Crippen molar-refractivity contribution >= 4 is 0 Å². The standard InChI is InChI=1S/C11H11F4NO/c12-10(5-8(16)6-10)7-2-1-3-9(4-7)17-11(13,14)15/h1-4,8H,5-6,16H2. The van der Waals surface area contributed by atoms with E-state index in [0.717, 1.165) is 12.1 Å². The number of hydrogen-bond acceptors (Lipinski definition) is 2. The lowest BCUT2D eigenvalue weighted by atomic mass is 9.73. The summed E-state index contributed by atoms with van der Waals surface area (Å²) in [4.78, 5) is 0. The van der Waals surface area contributed by atoms with E-state index in [1.807, 2.05) is 0 Å². The second kappa shape index (κ2) is 3.87. The van der Waals surface area contributed by atoms with Crippen molar-refractivity contribution in [1.82, 2.24) is 0 Å². The highest BCUT2D eigenvalue weighted by Gasteiger charge is 2.44. The fraction of sp³-hybridized carbons (Fsp3) is 0.455. The molecule has 0 atom stereocenters. The molecule has 0 spiro atoms. The smallest absolute Gasteiger partial charge is 0.406 e. The Morgan fingerprint density at radius 2 is 1.94 bits per heavy atom. The molecule has 0 aliphatic heterocycles. The Kier molecular flexibility index (Phi) is 2.77. The van der Waals surface area contributed by atoms with Gasteiger partial charge in [0.1, 0.15) is 11.4 Å². The van der Waals surface area contributed by atoms with Gasteiger partial charge < -0.3 is 10.5 Å². The maximum Gasteiger partial charge on any atom is 0.573 e. The molecule has 0 saturated heterocycles. The van der Waals surface area contributed by atoms with Crippen molar-refractivity contribution in [2.45, 2.75) is 30.9 Å². The summed E-state index contributed by atoms with van der Waals surface area (Å²) in [7, 11) is 0. The fourth-order valence-electron chi connectivity index (χ4n) is 1.98. The number of nitrogens with two attached hydrogens (primary N) is 1. The Morgan fingerprint density at radius 1 is 1.29 bits per heavy atom. The van der Waals surface area contributed by atoms with E-state index in [1.165, 1.54) is 12.1 Å². The lowest BCUT2D eigenvalue weighted by Crippen LogP contribution is -2.46. The van der Waals surface area contributed by atoms with Crippen LogP contribution < -0.4 is 10.5 Å². The van der Waals surface area contributed by atoms with Gasteiger partial charge in [0.05, 0.1) is 0 Å². The molecule has 94 valence electrons. The van der Waals surface area contributed by atoms with Gasteiger partial charge in [0.2, 0.25) is 0 Å². The molecule has 0 unspecified atom stereocenters. The molecule has 1 aliphatic carbocycles. The molecule has 2 N–H and O–H groups in total. The highest BCUT2D eigenvalue weighted by atomic mass is 19.4. The van der Waals surface area contributed by atoms with Crippen molar-refractivity contribution < 1.29 is 22.3 Å². The lowest BCUT2D eigenvalue weighted by molar-refractivity contribution is -0.274. The summed E-state index contributed by atoms with van der Waals surface area (Å²) in [6.07, 6.45) is -4.51. The number of hydrogen-bond donors (Lipinski definition) is 1. The van der Waals surface area contributed by atoms with E-state index in [0.29, 0.717) is 0 Å². The minimum Gasteiger partial charge on any atom is -0.406 e. The van der Waals surface area contributed by atoms with Crippen molar-refractivity contribution in [3.8, 4) is 5.75 Å². The maximum atomic E-state index is 14.1. The second-order valence-electron chi connectivity index (χ2n) is 4.21. The van der Waals surface area contributed by atoms with Crippen LogP contribution in [-0.2, 0) is 5.67 Å². The van der Waals surface area contributed by atoms with Gasteiger partial charge in [0.25, 0.3) is 0 Å². The third kappa shape index (κ3) is 2.69. The average Bonchev–Trinajstić information content (AvgIpc) is 2.13. The number of alkyl halides is 4. The quantitative estimate of drug-likeness (QED) is 0.818. The molecule has 1 aliphatic rings. The first-order valence-electron chi connectivity index (χ1n) is 5.09. The molecule has 1 saturated carbocycles. The summed E-state index contributed by atoms with van der Waals surface area (Å²) < 4.78 is 53.8. The lowest BCUT2D eigenvalue weighted by Gasteiger charge is -2.39. The molecule has 1 aromatic carbocycles. The number of halogens is 4. The third-order valence-corrected chi connectivity index (χ3v) is 2.76. The zero-order chi connectivity index (χ0) is 12.7. The van der Waals surface area contributed by atoms with Crippen LogP contribution in [0.15, 0.2) is 24.3 Å². The van der Waals surface area contributed by atoms with Crippen LogP contribution in [0.3, 0.4) is 0 Å². The molecule has 2 nitrogen and oxygen atoms in total. The summed E-state index contributed by atoms with van der Waals surface area (Å²) in [5.74, 6) is -0.410. The average molecular weight is 249 g/mol. The van der Waals surface area contributed by atoms with Crippen LogP contribution in [0.25, 0.3) is 0 Å². The Bertz CT molecular complexity index is 412. The van der Waals surface area contributed by atoms with Gasteiger partial charge in [-0.1, -0.05) is 12.1 Å². The monoisotopic (exact) mass is 249 g/mol. The molecule has 1 fully saturated rings. The first kappa shape index (κ1) is 12.2. The molecule has 0 radical (unpaired) electrons. The molecule has 6 heteroatoms. The van der Waals surface area contributed by atoms with Gasteiger partial charge in [0, 0.05) is 18.9 Å². The summed E-state index contributed by atoms with van der Waals surface area (Å²) in [6, 6.07) is 4.75. The minimum absolute atomic E-state index is 0.127. The van der Waals surface area contributed by atoms with E-state index in [1.54, 1.807) is 0 Å². The van der Waals surface area contributed by atoms with Crippen molar-refractivity contribution in [2.75, 3.05) is 0 Å². The van der Waals surface area contributed by atoms with Crippen LogP contribution in [0.1, 0.15) is 18.4 Å². The summed E-state index contributed by atoms with van der Waals surface area (Å²) >= 11 is 0. The van der Waals surface area contributed by atoms with Gasteiger partial charge in [-0.25, -0.2) is 4.39 Å². The number of ether oxygens (including phenoxy) is 1. The van der Waals surface area contributed by atoms with E-state index in [4.69, 9.17) is 5.73 Å². The fourth-order valence-corrected chi connectivity index (χ4v) is 1.98. The van der Waals surface area contributed by atoms with E-state index in [2.05, 4.69) is 4.74 Å². The Hall–Kier alpha value is -1.30. The maximum absolute atomic E-state index is 14.1. The summed E-state index contributed by atoms with van der Waals surface area (Å²) in [5.41, 5.74) is 4.04. The molecule has 1 aromatic rings. The van der Waals surface area contributed by atoms with Gasteiger partial charge in [-0.15, -0.1) is 13.2 Å². The molecule has 0 aromatic heterocycles. The van der Waals surface area contributed by atoms with E-state index < -0.39 is 17.8 Å². The molecule has 2 rings (SSSR count). The second-order valence-corrected chi connectivity index (χ2v) is 4.21. The van der Waals surface area contributed by atoms with Crippen molar-refractivity contribution in [3.63, 3.8) is 0 Å². The normalized spacial score (nSPS) is 28.6. The van der Waals surface area contributed by atoms with Crippen LogP contribution in [0.2, 0.25) is 0 Å². The van der Waals surface area contributed by atoms with Crippen molar-refractivity contribution in [2.24, 2.45) is 5.73 Å². The molecule has 17 heavy (non-hydrogen) atoms. The summed E-state index contributed by atoms with van der Waals surface area (Å²) in [6.45, 7) is 0. The van der Waals surface area contributed by atoms with Crippen LogP contribution in [-0.4, -0.2) is 12.4 Å². The van der Waals surface area contributed by atoms with Gasteiger partial charge in [-0.05, 0) is 17.7 Å². The largest absolute Gasteiger partial charge is 0.573 e. The van der Waals surface area contributed by atoms with Crippen molar-refractivity contribution in [1.29, 1.82) is 0 Å². The SMILES string of the molecule is NC1CC(F)(c2cccc(OC(F)(F)F)c2)C1. The Morgan fingerprint density at radius 3 is 2.47 bits per heavy atom. The van der Waals surface area contributed by atoms with Crippen LogP contribution in [0, 0.1) is 0 Å². The molecule has 0 bridgehead atoms. The van der Waals surface area contributed by atoms with Gasteiger partial charge in [0.15, 0.2) is 0 Å². The molecule has 0 amide bonds. The van der Waals surface area contributed by atoms with Crippen molar-refractivity contribution in [3.05, 3.63) is 29.8 Å². The van der Waals surface area contributed by atoms with Crippen LogP contribution >= 0.6 is 0 Å². The Balaban J connectivity index is 2.18. The van der Waals surface area contributed by atoms with Gasteiger partial charge in [-0.3, -0.25) is 0 Å². The highest BCUT2D eigenvalue weighted by Crippen LogP contribution is 2.45. The van der Waals surface area contributed by atoms with E-state index >= 15 is 0 Å². The predicted octanol–water partition coefficient (Wildman–Crippen LogP) is 2.87. The predicted molar refractivity (Wildman–Crippen MR) is 53.1 cm³/mol. The van der Waals surface area contributed by atoms with E-state index in [-0.39, 0.29) is 24.4 Å². The zero-order valence-corrected chi connectivity index (χ0v) is 8.80. The summed E-state index contributed by atoms with van der Waals surface area (Å²) in [5, 5.41) is 0. The van der Waals surface area contributed by atoms with Crippen LogP contribution in [0.5, 0.6) is 5.75 Å². The minimum atomic E-state index is -4.77. The third-order valence-electron chi connectivity index (χ3n) is 2.76. The topological polar surface area (TPSA) is 35.2 Å². The Labute approximate surface area is 95.4 Å². The van der Waals surface area contributed by atoms with Gasteiger partial charge in [-0.2, -0.15) is 0 Å². The number of rotatable bonds is 2.